The SMILES string of the molecule is Cc1cc(CNc2ccc(C)c(Cl)c2)c(C)s1. The van der Waals surface area contributed by atoms with Crippen molar-refractivity contribution >= 4 is 28.6 Å². The van der Waals surface area contributed by atoms with Gasteiger partial charge in [0.1, 0.15) is 0 Å². The third-order valence-corrected chi connectivity index (χ3v) is 4.21. The quantitative estimate of drug-likeness (QED) is 0.829. The second-order valence-corrected chi connectivity index (χ2v) is 6.12. The van der Waals surface area contributed by atoms with Crippen LogP contribution in [-0.2, 0) is 6.54 Å². The van der Waals surface area contributed by atoms with E-state index in [2.05, 4.69) is 31.3 Å². The van der Waals surface area contributed by atoms with E-state index in [1.54, 1.807) is 0 Å². The van der Waals surface area contributed by atoms with Crippen molar-refractivity contribution in [2.24, 2.45) is 0 Å². The Kier molecular flexibility index (Phi) is 3.75. The Morgan fingerprint density at radius 2 is 1.94 bits per heavy atom. The highest BCUT2D eigenvalue weighted by atomic mass is 35.5. The average Bonchev–Trinajstić information content (AvgIpc) is 2.59. The Bertz CT molecular complexity index is 531. The van der Waals surface area contributed by atoms with Gasteiger partial charge in [-0.2, -0.15) is 0 Å². The molecular weight excluding hydrogens is 250 g/mol. The number of aryl methyl sites for hydroxylation is 3. The molecule has 2 rings (SSSR count). The van der Waals surface area contributed by atoms with Crippen LogP contribution in [-0.4, -0.2) is 0 Å². The largest absolute Gasteiger partial charge is 0.381 e. The van der Waals surface area contributed by atoms with Crippen molar-refractivity contribution in [3.8, 4) is 0 Å². The van der Waals surface area contributed by atoms with Crippen molar-refractivity contribution in [1.82, 2.24) is 0 Å². The molecule has 0 bridgehead atoms. The smallest absolute Gasteiger partial charge is 0.0455 e. The van der Waals surface area contributed by atoms with Gasteiger partial charge in [-0.25, -0.2) is 0 Å². The van der Waals surface area contributed by atoms with E-state index >= 15 is 0 Å². The minimum Gasteiger partial charge on any atom is -0.381 e. The van der Waals surface area contributed by atoms with Crippen molar-refractivity contribution in [2.45, 2.75) is 27.3 Å². The zero-order valence-electron chi connectivity index (χ0n) is 10.3. The fraction of sp³-hybridized carbons (Fsp3) is 0.286. The minimum atomic E-state index is 0.813. The molecule has 2 aromatic rings. The van der Waals surface area contributed by atoms with Crippen LogP contribution < -0.4 is 5.32 Å². The van der Waals surface area contributed by atoms with Crippen molar-refractivity contribution in [2.75, 3.05) is 5.32 Å². The Morgan fingerprint density at radius 1 is 1.18 bits per heavy atom. The van der Waals surface area contributed by atoms with Crippen LogP contribution >= 0.6 is 22.9 Å². The molecule has 0 atom stereocenters. The van der Waals surface area contributed by atoms with Crippen LogP contribution in [0.1, 0.15) is 20.9 Å². The second kappa shape index (κ2) is 5.11. The van der Waals surface area contributed by atoms with Crippen molar-refractivity contribution in [3.63, 3.8) is 0 Å². The van der Waals surface area contributed by atoms with Crippen molar-refractivity contribution in [3.05, 3.63) is 50.2 Å². The van der Waals surface area contributed by atoms with E-state index in [1.165, 1.54) is 15.3 Å². The van der Waals surface area contributed by atoms with Crippen LogP contribution in [0.15, 0.2) is 24.3 Å². The van der Waals surface area contributed by atoms with E-state index in [4.69, 9.17) is 11.6 Å². The molecule has 0 fully saturated rings. The molecule has 1 nitrogen and oxygen atoms in total. The summed E-state index contributed by atoms with van der Waals surface area (Å²) in [6.45, 7) is 7.18. The van der Waals surface area contributed by atoms with E-state index in [9.17, 15) is 0 Å². The monoisotopic (exact) mass is 265 g/mol. The first-order valence-corrected chi connectivity index (χ1v) is 6.81. The first kappa shape index (κ1) is 12.5. The summed E-state index contributed by atoms with van der Waals surface area (Å²) in [7, 11) is 0. The maximum absolute atomic E-state index is 6.09. The molecule has 0 amide bonds. The van der Waals surface area contributed by atoms with E-state index in [-0.39, 0.29) is 0 Å². The summed E-state index contributed by atoms with van der Waals surface area (Å²) < 4.78 is 0. The lowest BCUT2D eigenvalue weighted by Crippen LogP contribution is -1.99. The van der Waals surface area contributed by atoms with Crippen molar-refractivity contribution < 1.29 is 0 Å². The molecule has 0 saturated carbocycles. The average molecular weight is 266 g/mol. The Labute approximate surface area is 111 Å². The van der Waals surface area contributed by atoms with Gasteiger partial charge in [-0.05, 0) is 50.1 Å². The molecule has 90 valence electrons. The number of rotatable bonds is 3. The highest BCUT2D eigenvalue weighted by Gasteiger charge is 2.03. The lowest BCUT2D eigenvalue weighted by atomic mass is 10.2. The van der Waals surface area contributed by atoms with E-state index in [1.807, 2.05) is 30.4 Å². The van der Waals surface area contributed by atoms with Gasteiger partial charge in [0.05, 0.1) is 0 Å². The summed E-state index contributed by atoms with van der Waals surface area (Å²) in [4.78, 5) is 2.74. The molecular formula is C14H16ClNS. The summed E-state index contributed by atoms with van der Waals surface area (Å²) in [6.07, 6.45) is 0. The molecule has 0 aliphatic heterocycles. The zero-order valence-corrected chi connectivity index (χ0v) is 11.9. The maximum Gasteiger partial charge on any atom is 0.0455 e. The number of hydrogen-bond donors (Lipinski definition) is 1. The van der Waals surface area contributed by atoms with Crippen LogP contribution in [0, 0.1) is 20.8 Å². The van der Waals surface area contributed by atoms with Crippen molar-refractivity contribution in [1.29, 1.82) is 0 Å². The molecule has 0 saturated heterocycles. The molecule has 0 spiro atoms. The Morgan fingerprint density at radius 3 is 2.53 bits per heavy atom. The van der Waals surface area contributed by atoms with Gasteiger partial charge in [0.15, 0.2) is 0 Å². The van der Waals surface area contributed by atoms with Crippen LogP contribution in [0.3, 0.4) is 0 Å². The number of anilines is 1. The third kappa shape index (κ3) is 3.02. The standard InChI is InChI=1S/C14H16ClNS/c1-9-4-5-13(7-14(9)15)16-8-12-6-10(2)17-11(12)3/h4-7,16H,8H2,1-3H3. The zero-order chi connectivity index (χ0) is 12.4. The summed E-state index contributed by atoms with van der Waals surface area (Å²) in [5.41, 5.74) is 3.55. The topological polar surface area (TPSA) is 12.0 Å². The van der Waals surface area contributed by atoms with Gasteiger partial charge in [-0.3, -0.25) is 0 Å². The lowest BCUT2D eigenvalue weighted by Gasteiger charge is -2.07. The van der Waals surface area contributed by atoms with Crippen LogP contribution in [0.4, 0.5) is 5.69 Å². The van der Waals surface area contributed by atoms with E-state index in [0.717, 1.165) is 22.8 Å². The first-order valence-electron chi connectivity index (χ1n) is 5.62. The fourth-order valence-electron chi connectivity index (χ4n) is 1.76. The summed E-state index contributed by atoms with van der Waals surface area (Å²) in [5.74, 6) is 0. The normalized spacial score (nSPS) is 10.6. The summed E-state index contributed by atoms with van der Waals surface area (Å²) in [6, 6.07) is 8.32. The maximum atomic E-state index is 6.09. The van der Waals surface area contributed by atoms with Gasteiger partial charge in [-0.15, -0.1) is 11.3 Å². The predicted molar refractivity (Wildman–Crippen MR) is 77.3 cm³/mol. The van der Waals surface area contributed by atoms with Gasteiger partial charge >= 0.3 is 0 Å². The predicted octanol–water partition coefficient (Wildman–Crippen LogP) is 4.94. The van der Waals surface area contributed by atoms with Gasteiger partial charge in [0.2, 0.25) is 0 Å². The summed E-state index contributed by atoms with van der Waals surface area (Å²) in [5, 5.41) is 4.22. The Hall–Kier alpha value is -0.990. The highest BCUT2D eigenvalue weighted by molar-refractivity contribution is 7.12. The molecule has 3 heteroatoms. The Balaban J connectivity index is 2.07. The number of benzene rings is 1. The second-order valence-electron chi connectivity index (χ2n) is 4.26. The molecule has 1 N–H and O–H groups in total. The fourth-order valence-corrected chi connectivity index (χ4v) is 2.89. The molecule has 1 aromatic heterocycles. The van der Waals surface area contributed by atoms with E-state index < -0.39 is 0 Å². The van der Waals surface area contributed by atoms with Crippen LogP contribution in [0.5, 0.6) is 0 Å². The molecule has 1 aromatic carbocycles. The highest BCUT2D eigenvalue weighted by Crippen LogP contribution is 2.23. The van der Waals surface area contributed by atoms with Gasteiger partial charge < -0.3 is 5.32 Å². The minimum absolute atomic E-state index is 0.813. The van der Waals surface area contributed by atoms with Gasteiger partial charge in [0, 0.05) is 27.0 Å². The number of thiophene rings is 1. The third-order valence-electron chi connectivity index (χ3n) is 2.80. The molecule has 0 aliphatic rings. The van der Waals surface area contributed by atoms with Gasteiger partial charge in [0.25, 0.3) is 0 Å². The first-order chi connectivity index (χ1) is 8.06. The number of hydrogen-bond acceptors (Lipinski definition) is 2. The molecule has 17 heavy (non-hydrogen) atoms. The number of nitrogens with one attached hydrogen (secondary N) is 1. The lowest BCUT2D eigenvalue weighted by molar-refractivity contribution is 1.14. The molecule has 0 radical (unpaired) electrons. The number of halogens is 1. The van der Waals surface area contributed by atoms with E-state index in [0.29, 0.717) is 0 Å². The van der Waals surface area contributed by atoms with Crippen LogP contribution in [0.25, 0.3) is 0 Å². The molecule has 0 aliphatic carbocycles. The molecule has 0 unspecified atom stereocenters. The molecule has 1 heterocycles. The van der Waals surface area contributed by atoms with Crippen LogP contribution in [0.2, 0.25) is 5.02 Å². The van der Waals surface area contributed by atoms with Gasteiger partial charge in [-0.1, -0.05) is 17.7 Å². The summed E-state index contributed by atoms with van der Waals surface area (Å²) >= 11 is 7.94.